The van der Waals surface area contributed by atoms with Gasteiger partial charge >= 0.3 is 0 Å². The molecule has 0 spiro atoms. The van der Waals surface area contributed by atoms with Crippen LogP contribution in [-0.4, -0.2) is 28.7 Å². The number of unbranched alkanes of at least 4 members (excludes halogenated alkanes) is 2. The van der Waals surface area contributed by atoms with Crippen LogP contribution < -0.4 is 5.32 Å². The molecule has 1 N–H and O–H groups in total. The van der Waals surface area contributed by atoms with Gasteiger partial charge in [-0.2, -0.15) is 0 Å². The minimum atomic E-state index is -0.241. The number of hydrogen-bond acceptors (Lipinski definition) is 3. The van der Waals surface area contributed by atoms with Crippen LogP contribution >= 0.6 is 0 Å². The van der Waals surface area contributed by atoms with E-state index in [9.17, 15) is 9.18 Å². The van der Waals surface area contributed by atoms with Crippen LogP contribution in [0.2, 0.25) is 0 Å². The molecule has 1 heterocycles. The highest BCUT2D eigenvalue weighted by Crippen LogP contribution is 2.24. The topological polar surface area (TPSA) is 59.3 Å². The van der Waals surface area contributed by atoms with Gasteiger partial charge in [-0.3, -0.25) is 9.79 Å². The van der Waals surface area contributed by atoms with Gasteiger partial charge in [0.2, 0.25) is 5.91 Å². The van der Waals surface area contributed by atoms with Crippen LogP contribution in [0.5, 0.6) is 0 Å². The fourth-order valence-corrected chi connectivity index (χ4v) is 3.21. The number of halogens is 1. The summed E-state index contributed by atoms with van der Waals surface area (Å²) in [5, 5.41) is 2.92. The van der Waals surface area contributed by atoms with Gasteiger partial charge in [0.05, 0.1) is 17.5 Å². The number of nitrogens with one attached hydrogen (secondary N) is 1. The second kappa shape index (κ2) is 9.78. The molecule has 1 amide bonds. The van der Waals surface area contributed by atoms with Crippen molar-refractivity contribution in [2.75, 3.05) is 6.54 Å². The lowest BCUT2D eigenvalue weighted by Crippen LogP contribution is -2.25. The van der Waals surface area contributed by atoms with Crippen LogP contribution in [0.1, 0.15) is 31.2 Å². The van der Waals surface area contributed by atoms with Crippen molar-refractivity contribution in [1.29, 1.82) is 0 Å². The quantitative estimate of drug-likeness (QED) is 0.418. The Labute approximate surface area is 164 Å². The lowest BCUT2D eigenvalue weighted by Gasteiger charge is -2.07. The summed E-state index contributed by atoms with van der Waals surface area (Å²) >= 11 is 0. The van der Waals surface area contributed by atoms with E-state index in [0.717, 1.165) is 48.1 Å². The van der Waals surface area contributed by atoms with Gasteiger partial charge in [0.25, 0.3) is 0 Å². The summed E-state index contributed by atoms with van der Waals surface area (Å²) in [6.07, 6.45) is 5.89. The summed E-state index contributed by atoms with van der Waals surface area (Å²) in [7, 11) is 0. The third-order valence-electron chi connectivity index (χ3n) is 4.75. The summed E-state index contributed by atoms with van der Waals surface area (Å²) in [5.74, 6) is -0.175. The van der Waals surface area contributed by atoms with Crippen LogP contribution in [-0.2, 0) is 17.8 Å². The Morgan fingerprint density at radius 3 is 2.75 bits per heavy atom. The third-order valence-corrected chi connectivity index (χ3v) is 4.75. The summed E-state index contributed by atoms with van der Waals surface area (Å²) < 4.78 is 15.0. The molecule has 3 aromatic rings. The third kappa shape index (κ3) is 5.25. The van der Waals surface area contributed by atoms with Gasteiger partial charge in [0, 0.05) is 19.5 Å². The Morgan fingerprint density at radius 1 is 1.14 bits per heavy atom. The van der Waals surface area contributed by atoms with E-state index < -0.39 is 0 Å². The highest BCUT2D eigenvalue weighted by atomic mass is 19.1. The van der Waals surface area contributed by atoms with Gasteiger partial charge in [0.15, 0.2) is 0 Å². The number of fused-ring (bicyclic) bond motifs is 1. The molecule has 3 rings (SSSR count). The molecule has 0 atom stereocenters. The molecule has 0 saturated heterocycles. The van der Waals surface area contributed by atoms with E-state index in [0.29, 0.717) is 19.4 Å². The molecular formula is C22H25FN4O. The van der Waals surface area contributed by atoms with Crippen LogP contribution in [0.4, 0.5) is 10.1 Å². The normalized spacial score (nSPS) is 10.9. The number of aliphatic imine (C=N–C) groups is 1. The SMILES string of the molecule is C=Nc1cccc2c1ncn2CCCCCC(=O)NCCc1ccc(F)cc1. The summed E-state index contributed by atoms with van der Waals surface area (Å²) in [6, 6.07) is 12.3. The molecule has 0 fully saturated rings. The number of hydrogen-bond donors (Lipinski definition) is 1. The van der Waals surface area contributed by atoms with Crippen LogP contribution in [0, 0.1) is 5.82 Å². The maximum atomic E-state index is 12.9. The molecule has 6 heteroatoms. The number of amides is 1. The molecule has 0 radical (unpaired) electrons. The lowest BCUT2D eigenvalue weighted by atomic mass is 10.1. The van der Waals surface area contributed by atoms with Gasteiger partial charge in [-0.25, -0.2) is 9.37 Å². The average molecular weight is 380 g/mol. The Morgan fingerprint density at radius 2 is 1.96 bits per heavy atom. The first-order chi connectivity index (χ1) is 13.7. The molecule has 0 saturated carbocycles. The lowest BCUT2D eigenvalue weighted by molar-refractivity contribution is -0.121. The minimum Gasteiger partial charge on any atom is -0.356 e. The van der Waals surface area contributed by atoms with E-state index in [1.165, 1.54) is 12.1 Å². The molecule has 0 aliphatic heterocycles. The molecular weight excluding hydrogens is 355 g/mol. The van der Waals surface area contributed by atoms with E-state index in [4.69, 9.17) is 0 Å². The fourth-order valence-electron chi connectivity index (χ4n) is 3.21. The molecule has 0 bridgehead atoms. The number of aromatic nitrogens is 2. The van der Waals surface area contributed by atoms with E-state index in [1.807, 2.05) is 24.5 Å². The average Bonchev–Trinajstić information content (AvgIpc) is 3.12. The summed E-state index contributed by atoms with van der Waals surface area (Å²) in [5.41, 5.74) is 3.75. The Bertz CT molecular complexity index is 933. The van der Waals surface area contributed by atoms with Crippen LogP contribution in [0.15, 0.2) is 53.8 Å². The number of para-hydroxylation sites is 1. The second-order valence-corrected chi connectivity index (χ2v) is 6.78. The first-order valence-corrected chi connectivity index (χ1v) is 9.59. The number of benzene rings is 2. The van der Waals surface area contributed by atoms with Gasteiger partial charge in [0.1, 0.15) is 11.3 Å². The van der Waals surface area contributed by atoms with Crippen LogP contribution in [0.3, 0.4) is 0 Å². The van der Waals surface area contributed by atoms with Gasteiger partial charge in [-0.15, -0.1) is 0 Å². The van der Waals surface area contributed by atoms with E-state index in [1.54, 1.807) is 12.1 Å². The molecule has 1 aromatic heterocycles. The van der Waals surface area contributed by atoms with Crippen LogP contribution in [0.25, 0.3) is 11.0 Å². The second-order valence-electron chi connectivity index (χ2n) is 6.78. The van der Waals surface area contributed by atoms with Crippen molar-refractivity contribution in [3.05, 3.63) is 60.2 Å². The number of aryl methyl sites for hydroxylation is 1. The smallest absolute Gasteiger partial charge is 0.220 e. The maximum Gasteiger partial charge on any atom is 0.220 e. The highest BCUT2D eigenvalue weighted by Gasteiger charge is 2.06. The fraction of sp³-hybridized carbons (Fsp3) is 0.318. The Hall–Kier alpha value is -3.02. The molecule has 28 heavy (non-hydrogen) atoms. The predicted octanol–water partition coefficient (Wildman–Crippen LogP) is 4.43. The van der Waals surface area contributed by atoms with Crippen molar-refractivity contribution in [1.82, 2.24) is 14.9 Å². The molecule has 0 aliphatic rings. The Kier molecular flexibility index (Phi) is 6.89. The zero-order valence-electron chi connectivity index (χ0n) is 15.9. The van der Waals surface area contributed by atoms with Gasteiger partial charge in [-0.05, 0) is 55.8 Å². The summed E-state index contributed by atoms with van der Waals surface area (Å²) in [4.78, 5) is 20.3. The first-order valence-electron chi connectivity index (χ1n) is 9.59. The van der Waals surface area contributed by atoms with Crippen molar-refractivity contribution < 1.29 is 9.18 Å². The standard InChI is InChI=1S/C22H25FN4O/c1-24-19-6-5-7-20-22(19)26-16-27(20)15-4-2-3-8-21(28)25-14-13-17-9-11-18(23)12-10-17/h5-7,9-12,16H,1-4,8,13-15H2,(H,25,28). The van der Waals surface area contributed by atoms with Crippen molar-refractivity contribution in [3.8, 4) is 0 Å². The molecule has 0 aliphatic carbocycles. The number of nitrogens with zero attached hydrogens (tertiary/aromatic N) is 3. The van der Waals surface area contributed by atoms with E-state index in [2.05, 4.69) is 26.6 Å². The maximum absolute atomic E-state index is 12.9. The monoisotopic (exact) mass is 380 g/mol. The summed E-state index contributed by atoms with van der Waals surface area (Å²) in [6.45, 7) is 5.02. The van der Waals surface area contributed by atoms with E-state index >= 15 is 0 Å². The van der Waals surface area contributed by atoms with Gasteiger partial charge in [-0.1, -0.05) is 24.6 Å². The van der Waals surface area contributed by atoms with Crippen molar-refractivity contribution in [3.63, 3.8) is 0 Å². The minimum absolute atomic E-state index is 0.0666. The first kappa shape index (κ1) is 19.7. The number of carbonyl (C=O) groups excluding carboxylic acids is 1. The molecule has 5 nitrogen and oxygen atoms in total. The largest absolute Gasteiger partial charge is 0.356 e. The number of imidazole rings is 1. The zero-order chi connectivity index (χ0) is 19.8. The molecule has 0 unspecified atom stereocenters. The predicted molar refractivity (Wildman–Crippen MR) is 111 cm³/mol. The van der Waals surface area contributed by atoms with Crippen molar-refractivity contribution >= 4 is 29.3 Å². The number of rotatable bonds is 10. The Balaban J connectivity index is 1.33. The molecule has 2 aromatic carbocycles. The van der Waals surface area contributed by atoms with Gasteiger partial charge < -0.3 is 9.88 Å². The molecule has 146 valence electrons. The zero-order valence-corrected chi connectivity index (χ0v) is 15.9. The van der Waals surface area contributed by atoms with E-state index in [-0.39, 0.29) is 11.7 Å². The highest BCUT2D eigenvalue weighted by molar-refractivity contribution is 5.87. The van der Waals surface area contributed by atoms with Crippen molar-refractivity contribution in [2.24, 2.45) is 4.99 Å². The van der Waals surface area contributed by atoms with Crippen molar-refractivity contribution in [2.45, 2.75) is 38.6 Å². The number of carbonyl (C=O) groups is 1.